The van der Waals surface area contributed by atoms with Crippen molar-refractivity contribution in [3.8, 4) is 0 Å². The lowest BCUT2D eigenvalue weighted by atomic mass is 10.0. The molecule has 0 saturated carbocycles. The first-order valence-corrected chi connectivity index (χ1v) is 6.72. The number of hydrogen-bond acceptors (Lipinski definition) is 4. The Hall–Kier alpha value is -1.00. The summed E-state index contributed by atoms with van der Waals surface area (Å²) in [5, 5.41) is 3.28. The maximum absolute atomic E-state index is 11.0. The third-order valence-corrected chi connectivity index (χ3v) is 3.65. The van der Waals surface area contributed by atoms with Crippen LogP contribution in [0.1, 0.15) is 17.2 Å². The fourth-order valence-electron chi connectivity index (χ4n) is 1.63. The zero-order valence-corrected chi connectivity index (χ0v) is 11.3. The quantitative estimate of drug-likeness (QED) is 0.789. The maximum atomic E-state index is 11.0. The van der Waals surface area contributed by atoms with Crippen LogP contribution >= 0.6 is 11.8 Å². The number of thioether (sulfide) groups is 1. The molecule has 1 atom stereocenters. The highest BCUT2D eigenvalue weighted by Crippen LogP contribution is 2.21. The van der Waals surface area contributed by atoms with Gasteiger partial charge in [0.1, 0.15) is 0 Å². The topological polar surface area (TPSA) is 38.3 Å². The van der Waals surface area contributed by atoms with E-state index in [4.69, 9.17) is 0 Å². The lowest BCUT2D eigenvalue weighted by molar-refractivity contribution is -0.137. The van der Waals surface area contributed by atoms with Crippen LogP contribution in [0.4, 0.5) is 0 Å². The second kappa shape index (κ2) is 7.35. The highest BCUT2D eigenvalue weighted by Gasteiger charge is 2.12. The summed E-state index contributed by atoms with van der Waals surface area (Å²) < 4.78 is 4.61. The van der Waals surface area contributed by atoms with Crippen LogP contribution in [0, 0.1) is 6.92 Å². The van der Waals surface area contributed by atoms with Crippen LogP contribution in [-0.4, -0.2) is 31.6 Å². The van der Waals surface area contributed by atoms with Crippen LogP contribution in [0.5, 0.6) is 0 Å². The van der Waals surface area contributed by atoms with Crippen LogP contribution in [0.25, 0.3) is 0 Å². The summed E-state index contributed by atoms with van der Waals surface area (Å²) in [4.78, 5) is 11.0. The molecule has 3 nitrogen and oxygen atoms in total. The largest absolute Gasteiger partial charge is 0.468 e. The van der Waals surface area contributed by atoms with Crippen molar-refractivity contribution in [1.82, 2.24) is 5.32 Å². The summed E-state index contributed by atoms with van der Waals surface area (Å²) in [6.07, 6.45) is 0. The van der Waals surface area contributed by atoms with E-state index in [9.17, 15) is 4.79 Å². The van der Waals surface area contributed by atoms with Crippen molar-refractivity contribution in [1.29, 1.82) is 0 Å². The fourth-order valence-corrected chi connectivity index (χ4v) is 2.61. The molecule has 0 bridgehead atoms. The first-order chi connectivity index (χ1) is 8.19. The second-order valence-electron chi connectivity index (χ2n) is 3.79. The van der Waals surface area contributed by atoms with Crippen molar-refractivity contribution >= 4 is 17.7 Å². The average Bonchev–Trinajstić information content (AvgIpc) is 2.35. The van der Waals surface area contributed by atoms with E-state index in [1.165, 1.54) is 18.2 Å². The van der Waals surface area contributed by atoms with Gasteiger partial charge >= 0.3 is 5.97 Å². The molecule has 0 aliphatic rings. The predicted octanol–water partition coefficient (Wildman–Crippen LogP) is 2.16. The molecule has 17 heavy (non-hydrogen) atoms. The molecule has 1 N–H and O–H groups in total. The summed E-state index contributed by atoms with van der Waals surface area (Å²) in [6.45, 7) is 2.10. The number of hydrogen-bond donors (Lipinski definition) is 1. The summed E-state index contributed by atoms with van der Waals surface area (Å²) in [7, 11) is 3.36. The molecule has 0 radical (unpaired) electrons. The fraction of sp³-hybridized carbons (Fsp3) is 0.462. The van der Waals surface area contributed by atoms with E-state index in [0.29, 0.717) is 5.75 Å². The van der Waals surface area contributed by atoms with E-state index in [2.05, 4.69) is 29.1 Å². The maximum Gasteiger partial charge on any atom is 0.315 e. The first kappa shape index (κ1) is 14.1. The second-order valence-corrected chi connectivity index (χ2v) is 4.82. The van der Waals surface area contributed by atoms with Gasteiger partial charge in [0, 0.05) is 11.8 Å². The van der Waals surface area contributed by atoms with Gasteiger partial charge in [-0.25, -0.2) is 0 Å². The zero-order valence-electron chi connectivity index (χ0n) is 10.5. The Morgan fingerprint density at radius 1 is 1.47 bits per heavy atom. The summed E-state index contributed by atoms with van der Waals surface area (Å²) in [5.74, 6) is 1.09. The van der Waals surface area contributed by atoms with Crippen LogP contribution < -0.4 is 5.32 Å². The number of nitrogens with one attached hydrogen (secondary N) is 1. The molecule has 0 fully saturated rings. The van der Waals surface area contributed by atoms with E-state index < -0.39 is 0 Å². The van der Waals surface area contributed by atoms with E-state index in [1.807, 2.05) is 19.2 Å². The minimum atomic E-state index is -0.172. The number of carbonyl (C=O) groups excluding carboxylic acids is 1. The Balaban J connectivity index is 2.55. The van der Waals surface area contributed by atoms with E-state index in [1.54, 1.807) is 11.8 Å². The first-order valence-electron chi connectivity index (χ1n) is 5.56. The minimum absolute atomic E-state index is 0.172. The van der Waals surface area contributed by atoms with Crippen molar-refractivity contribution < 1.29 is 9.53 Å². The summed E-state index contributed by atoms with van der Waals surface area (Å²) in [6, 6.07) is 8.57. The lowest BCUT2D eigenvalue weighted by Crippen LogP contribution is -2.20. The molecule has 4 heteroatoms. The molecular weight excluding hydrogens is 234 g/mol. The van der Waals surface area contributed by atoms with Gasteiger partial charge < -0.3 is 10.1 Å². The molecule has 1 aromatic rings. The molecule has 0 aliphatic heterocycles. The highest BCUT2D eigenvalue weighted by molar-refractivity contribution is 7.99. The number of aryl methyl sites for hydroxylation is 1. The number of benzene rings is 1. The highest BCUT2D eigenvalue weighted by atomic mass is 32.2. The van der Waals surface area contributed by atoms with Crippen molar-refractivity contribution in [2.24, 2.45) is 0 Å². The van der Waals surface area contributed by atoms with Gasteiger partial charge in [-0.15, -0.1) is 11.8 Å². The van der Waals surface area contributed by atoms with Gasteiger partial charge in [0.15, 0.2) is 0 Å². The van der Waals surface area contributed by atoms with Crippen molar-refractivity contribution in [2.45, 2.75) is 13.0 Å². The molecule has 1 rings (SSSR count). The SMILES string of the molecule is CNC(CSCC(=O)OC)c1ccccc1C. The Morgan fingerprint density at radius 3 is 2.76 bits per heavy atom. The smallest absolute Gasteiger partial charge is 0.315 e. The molecule has 1 unspecified atom stereocenters. The van der Waals surface area contributed by atoms with Crippen molar-refractivity contribution in [2.75, 3.05) is 25.7 Å². The Morgan fingerprint density at radius 2 is 2.18 bits per heavy atom. The van der Waals surface area contributed by atoms with E-state index in [0.717, 1.165) is 5.75 Å². The van der Waals surface area contributed by atoms with Gasteiger partial charge in [-0.05, 0) is 25.1 Å². The van der Waals surface area contributed by atoms with Gasteiger partial charge in [-0.1, -0.05) is 24.3 Å². The predicted molar refractivity (Wildman–Crippen MR) is 72.3 cm³/mol. The van der Waals surface area contributed by atoms with Crippen LogP contribution in [0.3, 0.4) is 0 Å². The molecule has 1 aromatic carbocycles. The van der Waals surface area contributed by atoms with Crippen molar-refractivity contribution in [3.63, 3.8) is 0 Å². The zero-order chi connectivity index (χ0) is 12.7. The third-order valence-electron chi connectivity index (χ3n) is 2.64. The number of rotatable bonds is 6. The average molecular weight is 253 g/mol. The van der Waals surface area contributed by atoms with Gasteiger partial charge in [-0.2, -0.15) is 0 Å². The van der Waals surface area contributed by atoms with Gasteiger partial charge in [-0.3, -0.25) is 4.79 Å². The Kier molecular flexibility index (Phi) is 6.08. The number of ether oxygens (including phenoxy) is 1. The lowest BCUT2D eigenvalue weighted by Gasteiger charge is -2.18. The van der Waals surface area contributed by atoms with Gasteiger partial charge in [0.05, 0.1) is 12.9 Å². The standard InChI is InChI=1S/C13H19NO2S/c1-10-6-4-5-7-11(10)12(14-2)8-17-9-13(15)16-3/h4-7,12,14H,8-9H2,1-3H3. The Labute approximate surface area is 107 Å². The molecule has 0 aromatic heterocycles. The summed E-state index contributed by atoms with van der Waals surface area (Å²) >= 11 is 1.59. The van der Waals surface area contributed by atoms with Crippen LogP contribution in [-0.2, 0) is 9.53 Å². The normalized spacial score (nSPS) is 12.2. The number of esters is 1. The van der Waals surface area contributed by atoms with Crippen molar-refractivity contribution in [3.05, 3.63) is 35.4 Å². The van der Waals surface area contributed by atoms with E-state index in [-0.39, 0.29) is 12.0 Å². The minimum Gasteiger partial charge on any atom is -0.468 e. The number of methoxy groups -OCH3 is 1. The molecule has 0 saturated heterocycles. The Bertz CT molecular complexity index is 368. The molecule has 0 amide bonds. The molecular formula is C13H19NO2S. The summed E-state index contributed by atoms with van der Waals surface area (Å²) in [5.41, 5.74) is 2.55. The van der Waals surface area contributed by atoms with Gasteiger partial charge in [0.2, 0.25) is 0 Å². The van der Waals surface area contributed by atoms with Crippen LogP contribution in [0.2, 0.25) is 0 Å². The molecule has 0 heterocycles. The molecule has 94 valence electrons. The van der Waals surface area contributed by atoms with Crippen LogP contribution in [0.15, 0.2) is 24.3 Å². The van der Waals surface area contributed by atoms with E-state index >= 15 is 0 Å². The molecule has 0 aliphatic carbocycles. The number of carbonyl (C=O) groups is 1. The van der Waals surface area contributed by atoms with Gasteiger partial charge in [0.25, 0.3) is 0 Å². The monoisotopic (exact) mass is 253 g/mol. The molecule has 0 spiro atoms. The third kappa shape index (κ3) is 4.40.